The van der Waals surface area contributed by atoms with Crippen LogP contribution in [-0.2, 0) is 23.9 Å². The molecule has 0 aromatic rings. The maximum atomic E-state index is 12.9. The van der Waals surface area contributed by atoms with E-state index in [1.54, 1.807) is 20.8 Å². The van der Waals surface area contributed by atoms with Crippen LogP contribution >= 0.6 is 0 Å². The van der Waals surface area contributed by atoms with Crippen molar-refractivity contribution in [2.75, 3.05) is 7.11 Å². The Kier molecular flexibility index (Phi) is 7.36. The van der Waals surface area contributed by atoms with Crippen molar-refractivity contribution in [3.8, 4) is 0 Å². The van der Waals surface area contributed by atoms with Crippen molar-refractivity contribution in [2.45, 2.75) is 89.9 Å². The maximum absolute atomic E-state index is 12.9. The molecule has 0 radical (unpaired) electrons. The molecule has 1 heterocycles. The van der Waals surface area contributed by atoms with Crippen LogP contribution in [0.5, 0.6) is 0 Å². The van der Waals surface area contributed by atoms with Crippen LogP contribution in [0.4, 0.5) is 4.79 Å². The van der Waals surface area contributed by atoms with Crippen molar-refractivity contribution in [2.24, 2.45) is 11.8 Å². The van der Waals surface area contributed by atoms with Gasteiger partial charge in [0.05, 0.1) is 7.11 Å². The van der Waals surface area contributed by atoms with Crippen molar-refractivity contribution < 1.29 is 28.7 Å². The molecule has 0 unspecified atom stereocenters. The summed E-state index contributed by atoms with van der Waals surface area (Å²) in [4.78, 5) is 49.6. The van der Waals surface area contributed by atoms with Gasteiger partial charge < -0.3 is 25.4 Å². The molecule has 9 nitrogen and oxygen atoms in total. The molecule has 2 aliphatic rings. The quantitative estimate of drug-likeness (QED) is 0.508. The van der Waals surface area contributed by atoms with E-state index in [9.17, 15) is 19.2 Å². The normalized spacial score (nSPS) is 22.5. The number of carbonyl (C=O) groups excluding carboxylic acids is 4. The van der Waals surface area contributed by atoms with Gasteiger partial charge in [-0.15, -0.1) is 0 Å². The Balaban J connectivity index is 2.05. The number of hydrogen-bond donors (Lipinski definition) is 3. The number of hydrogen-bond acceptors (Lipinski definition) is 6. The third-order valence-corrected chi connectivity index (χ3v) is 5.18. The first-order valence-electron chi connectivity index (χ1n) is 10.5. The lowest BCUT2D eigenvalue weighted by molar-refractivity contribution is -0.146. The van der Waals surface area contributed by atoms with Crippen LogP contribution in [0.3, 0.4) is 0 Å². The zero-order valence-corrected chi connectivity index (χ0v) is 18.8. The SMILES string of the molecule is COC(=O)[C@H](C[C@@H]1CC(C)(C)NC1=O)NC(=O)[C@H](CC1CC1)NC(=O)OC(C)(C)C. The topological polar surface area (TPSA) is 123 Å². The molecule has 9 heteroatoms. The third kappa shape index (κ3) is 7.50. The van der Waals surface area contributed by atoms with Gasteiger partial charge in [-0.05, 0) is 59.8 Å². The van der Waals surface area contributed by atoms with Crippen molar-refractivity contribution in [3.63, 3.8) is 0 Å². The molecule has 0 spiro atoms. The number of methoxy groups -OCH3 is 1. The molecule has 2 rings (SSSR count). The van der Waals surface area contributed by atoms with E-state index in [0.717, 1.165) is 12.8 Å². The van der Waals surface area contributed by atoms with Crippen molar-refractivity contribution in [1.29, 1.82) is 0 Å². The summed E-state index contributed by atoms with van der Waals surface area (Å²) in [6.07, 6.45) is 2.47. The first-order valence-corrected chi connectivity index (χ1v) is 10.5. The van der Waals surface area contributed by atoms with E-state index in [1.807, 2.05) is 13.8 Å². The van der Waals surface area contributed by atoms with Crippen molar-refractivity contribution >= 4 is 23.9 Å². The molecule has 1 aliphatic carbocycles. The summed E-state index contributed by atoms with van der Waals surface area (Å²) < 4.78 is 10.1. The molecular weight excluding hydrogens is 390 g/mol. The highest BCUT2D eigenvalue weighted by Gasteiger charge is 2.41. The molecule has 3 atom stereocenters. The number of amides is 3. The average Bonchev–Trinajstić information content (AvgIpc) is 3.36. The number of carbonyl (C=O) groups is 4. The average molecular weight is 426 g/mol. The highest BCUT2D eigenvalue weighted by atomic mass is 16.6. The van der Waals surface area contributed by atoms with Gasteiger partial charge in [0.25, 0.3) is 0 Å². The van der Waals surface area contributed by atoms with Crippen molar-refractivity contribution in [1.82, 2.24) is 16.0 Å². The summed E-state index contributed by atoms with van der Waals surface area (Å²) in [5.41, 5.74) is -1.05. The van der Waals surface area contributed by atoms with Crippen LogP contribution in [0.2, 0.25) is 0 Å². The lowest BCUT2D eigenvalue weighted by Crippen LogP contribution is -2.53. The van der Waals surface area contributed by atoms with Gasteiger partial charge >= 0.3 is 12.1 Å². The fraction of sp³-hybridized carbons (Fsp3) is 0.810. The van der Waals surface area contributed by atoms with Gasteiger partial charge in [0.2, 0.25) is 11.8 Å². The predicted octanol–water partition coefficient (Wildman–Crippen LogP) is 1.64. The highest BCUT2D eigenvalue weighted by molar-refractivity contribution is 5.90. The Morgan fingerprint density at radius 2 is 1.77 bits per heavy atom. The largest absolute Gasteiger partial charge is 0.467 e. The van der Waals surface area contributed by atoms with Crippen molar-refractivity contribution in [3.05, 3.63) is 0 Å². The molecule has 30 heavy (non-hydrogen) atoms. The summed E-state index contributed by atoms with van der Waals surface area (Å²) in [5.74, 6) is -1.31. The van der Waals surface area contributed by atoms with Gasteiger partial charge in [-0.3, -0.25) is 9.59 Å². The fourth-order valence-corrected chi connectivity index (χ4v) is 3.67. The zero-order valence-electron chi connectivity index (χ0n) is 18.8. The van der Waals surface area contributed by atoms with Crippen LogP contribution in [0, 0.1) is 11.8 Å². The van der Waals surface area contributed by atoms with E-state index in [1.165, 1.54) is 7.11 Å². The molecule has 2 fully saturated rings. The lowest BCUT2D eigenvalue weighted by Gasteiger charge is -2.25. The molecule has 1 saturated carbocycles. The number of alkyl carbamates (subject to hydrolysis) is 1. The first-order chi connectivity index (χ1) is 13.8. The van der Waals surface area contributed by atoms with E-state index in [4.69, 9.17) is 9.47 Å². The minimum Gasteiger partial charge on any atom is -0.467 e. The monoisotopic (exact) mass is 425 g/mol. The molecule has 1 aliphatic heterocycles. The number of nitrogens with one attached hydrogen (secondary N) is 3. The zero-order chi connectivity index (χ0) is 22.7. The van der Waals surface area contributed by atoms with E-state index in [-0.39, 0.29) is 17.9 Å². The Bertz CT molecular complexity index is 681. The Hall–Kier alpha value is -2.32. The minimum atomic E-state index is -0.978. The molecule has 0 bridgehead atoms. The van der Waals surface area contributed by atoms with Crippen LogP contribution < -0.4 is 16.0 Å². The molecule has 0 aromatic heterocycles. The van der Waals surface area contributed by atoms with Gasteiger partial charge in [-0.1, -0.05) is 12.8 Å². The van der Waals surface area contributed by atoms with Crippen LogP contribution in [-0.4, -0.2) is 54.2 Å². The van der Waals surface area contributed by atoms with Crippen LogP contribution in [0.25, 0.3) is 0 Å². The van der Waals surface area contributed by atoms with Crippen LogP contribution in [0.15, 0.2) is 0 Å². The summed E-state index contributed by atoms with van der Waals surface area (Å²) >= 11 is 0. The summed E-state index contributed by atoms with van der Waals surface area (Å²) in [5, 5.41) is 8.18. The second-order valence-corrected chi connectivity index (χ2v) is 9.97. The number of ether oxygens (including phenoxy) is 2. The molecular formula is C21H35N3O6. The maximum Gasteiger partial charge on any atom is 0.408 e. The standard InChI is InChI=1S/C21H35N3O6/c1-20(2,3)30-19(28)23-14(9-12-7-8-12)17(26)22-15(18(27)29-6)10-13-11-21(4,5)24-16(13)25/h12-15H,7-11H2,1-6H3,(H,22,26)(H,23,28)(H,24,25)/t13-,14+,15+/m1/s1. The molecule has 170 valence electrons. The van der Waals surface area contributed by atoms with Crippen LogP contribution in [0.1, 0.15) is 66.7 Å². The van der Waals surface area contributed by atoms with Gasteiger partial charge in [0.1, 0.15) is 17.7 Å². The number of esters is 1. The molecule has 3 amide bonds. The molecule has 3 N–H and O–H groups in total. The summed E-state index contributed by atoms with van der Waals surface area (Å²) in [6.45, 7) is 9.04. The van der Waals surface area contributed by atoms with E-state index >= 15 is 0 Å². The Labute approximate surface area is 178 Å². The van der Waals surface area contributed by atoms with Gasteiger partial charge in [0, 0.05) is 11.5 Å². The van der Waals surface area contributed by atoms with E-state index in [0.29, 0.717) is 18.8 Å². The fourth-order valence-electron chi connectivity index (χ4n) is 3.67. The lowest BCUT2D eigenvalue weighted by atomic mass is 9.91. The molecule has 1 saturated heterocycles. The molecule has 0 aromatic carbocycles. The number of rotatable bonds is 8. The predicted molar refractivity (Wildman–Crippen MR) is 109 cm³/mol. The second kappa shape index (κ2) is 9.22. The summed E-state index contributed by atoms with van der Waals surface area (Å²) in [6, 6.07) is -1.80. The smallest absolute Gasteiger partial charge is 0.408 e. The van der Waals surface area contributed by atoms with E-state index in [2.05, 4.69) is 16.0 Å². The highest BCUT2D eigenvalue weighted by Crippen LogP contribution is 2.34. The Morgan fingerprint density at radius 1 is 1.13 bits per heavy atom. The Morgan fingerprint density at radius 3 is 2.23 bits per heavy atom. The minimum absolute atomic E-state index is 0.135. The van der Waals surface area contributed by atoms with Gasteiger partial charge in [0.15, 0.2) is 0 Å². The third-order valence-electron chi connectivity index (χ3n) is 5.18. The summed E-state index contributed by atoms with van der Waals surface area (Å²) in [7, 11) is 1.24. The first kappa shape index (κ1) is 24.0. The van der Waals surface area contributed by atoms with E-state index < -0.39 is 41.6 Å². The second-order valence-electron chi connectivity index (χ2n) is 9.97. The van der Waals surface area contributed by atoms with Gasteiger partial charge in [-0.2, -0.15) is 0 Å². The van der Waals surface area contributed by atoms with Gasteiger partial charge in [-0.25, -0.2) is 9.59 Å².